The lowest BCUT2D eigenvalue weighted by molar-refractivity contribution is -0.141. The zero-order valence-corrected chi connectivity index (χ0v) is 13.1. The Morgan fingerprint density at radius 2 is 2.29 bits per heavy atom. The van der Waals surface area contributed by atoms with Crippen molar-refractivity contribution in [2.75, 3.05) is 0 Å². The SMILES string of the molecule is C[C@@H](C[C@H](Cc1cccs1)NC(=O)c1cscn1)C(=O)O. The summed E-state index contributed by atoms with van der Waals surface area (Å²) in [6.07, 6.45) is 1.02. The first-order valence-electron chi connectivity index (χ1n) is 6.50. The fourth-order valence-electron chi connectivity index (χ4n) is 1.98. The molecule has 5 nitrogen and oxygen atoms in total. The van der Waals surface area contributed by atoms with E-state index in [1.54, 1.807) is 29.2 Å². The Balaban J connectivity index is 2.03. The van der Waals surface area contributed by atoms with Crippen molar-refractivity contribution in [1.82, 2.24) is 10.3 Å². The summed E-state index contributed by atoms with van der Waals surface area (Å²) in [6.45, 7) is 1.65. The molecule has 0 saturated heterocycles. The third-order valence-corrected chi connectivity index (χ3v) is 4.57. The average Bonchev–Trinajstić information content (AvgIpc) is 3.11. The van der Waals surface area contributed by atoms with E-state index in [-0.39, 0.29) is 11.9 Å². The minimum absolute atomic E-state index is 0.219. The molecule has 0 aliphatic rings. The number of carbonyl (C=O) groups is 2. The smallest absolute Gasteiger partial charge is 0.306 e. The first-order valence-corrected chi connectivity index (χ1v) is 8.32. The second-order valence-electron chi connectivity index (χ2n) is 4.80. The van der Waals surface area contributed by atoms with E-state index in [2.05, 4.69) is 10.3 Å². The van der Waals surface area contributed by atoms with Crippen molar-refractivity contribution in [1.29, 1.82) is 0 Å². The third kappa shape index (κ3) is 4.64. The Kier molecular flexibility index (Phi) is 5.46. The number of aromatic nitrogens is 1. The quantitative estimate of drug-likeness (QED) is 0.820. The number of thiophene rings is 1. The van der Waals surface area contributed by atoms with Gasteiger partial charge in [0.25, 0.3) is 5.91 Å². The molecule has 2 aromatic rings. The molecular formula is C14H16N2O3S2. The highest BCUT2D eigenvalue weighted by Gasteiger charge is 2.21. The molecule has 0 aromatic carbocycles. The first-order chi connectivity index (χ1) is 10.1. The highest BCUT2D eigenvalue weighted by Crippen LogP contribution is 2.16. The number of amides is 1. The van der Waals surface area contributed by atoms with E-state index in [1.165, 1.54) is 11.3 Å². The van der Waals surface area contributed by atoms with Crippen LogP contribution in [0.2, 0.25) is 0 Å². The molecule has 0 spiro atoms. The normalized spacial score (nSPS) is 13.6. The van der Waals surface area contributed by atoms with Gasteiger partial charge in [-0.05, 0) is 17.9 Å². The van der Waals surface area contributed by atoms with Gasteiger partial charge < -0.3 is 10.4 Å². The highest BCUT2D eigenvalue weighted by atomic mass is 32.1. The summed E-state index contributed by atoms with van der Waals surface area (Å²) in [6, 6.07) is 3.71. The standard InChI is InChI=1S/C14H16N2O3S2/c1-9(14(18)19)5-10(6-11-3-2-4-21-11)16-13(17)12-7-20-8-15-12/h2-4,7-10H,5-6H2,1H3,(H,16,17)(H,18,19)/t9-,10+/m0/s1. The van der Waals surface area contributed by atoms with Crippen LogP contribution in [0.5, 0.6) is 0 Å². The van der Waals surface area contributed by atoms with Gasteiger partial charge in [-0.3, -0.25) is 9.59 Å². The number of carboxylic acid groups (broad SMARTS) is 1. The van der Waals surface area contributed by atoms with Gasteiger partial charge in [0.2, 0.25) is 0 Å². The fraction of sp³-hybridized carbons (Fsp3) is 0.357. The molecule has 2 N–H and O–H groups in total. The van der Waals surface area contributed by atoms with Gasteiger partial charge in [0, 0.05) is 22.7 Å². The lowest BCUT2D eigenvalue weighted by Crippen LogP contribution is -2.38. The Bertz CT molecular complexity index is 581. The molecule has 0 aliphatic carbocycles. The summed E-state index contributed by atoms with van der Waals surface area (Å²) >= 11 is 2.95. The molecular weight excluding hydrogens is 308 g/mol. The molecule has 0 radical (unpaired) electrons. The van der Waals surface area contributed by atoms with Gasteiger partial charge in [-0.15, -0.1) is 22.7 Å². The van der Waals surface area contributed by atoms with E-state index >= 15 is 0 Å². The number of nitrogens with zero attached hydrogens (tertiary/aromatic N) is 1. The first kappa shape index (κ1) is 15.7. The summed E-state index contributed by atoms with van der Waals surface area (Å²) in [4.78, 5) is 28.2. The van der Waals surface area contributed by atoms with E-state index in [4.69, 9.17) is 5.11 Å². The molecule has 0 fully saturated rings. The predicted octanol–water partition coefficient (Wildman–Crippen LogP) is 2.66. The summed E-state index contributed by atoms with van der Waals surface area (Å²) < 4.78 is 0. The largest absolute Gasteiger partial charge is 0.481 e. The predicted molar refractivity (Wildman–Crippen MR) is 82.8 cm³/mol. The molecule has 7 heteroatoms. The number of aliphatic carboxylic acids is 1. The molecule has 0 aliphatic heterocycles. The van der Waals surface area contributed by atoms with E-state index in [1.807, 2.05) is 17.5 Å². The number of carbonyl (C=O) groups excluding carboxylic acids is 1. The Morgan fingerprint density at radius 3 is 2.86 bits per heavy atom. The maximum atomic E-state index is 12.1. The van der Waals surface area contributed by atoms with Gasteiger partial charge >= 0.3 is 5.97 Å². The Labute approximate surface area is 130 Å². The lowest BCUT2D eigenvalue weighted by atomic mass is 9.99. The number of hydrogen-bond acceptors (Lipinski definition) is 5. The number of carboxylic acids is 1. The third-order valence-electron chi connectivity index (χ3n) is 3.09. The van der Waals surface area contributed by atoms with Crippen LogP contribution in [0.25, 0.3) is 0 Å². The molecule has 2 heterocycles. The molecule has 2 aromatic heterocycles. The number of rotatable bonds is 7. The second-order valence-corrected chi connectivity index (χ2v) is 6.55. The minimum Gasteiger partial charge on any atom is -0.481 e. The van der Waals surface area contributed by atoms with Crippen molar-refractivity contribution >= 4 is 34.6 Å². The maximum absolute atomic E-state index is 12.1. The fourth-order valence-corrected chi connectivity index (χ4v) is 3.30. The van der Waals surface area contributed by atoms with Crippen LogP contribution >= 0.6 is 22.7 Å². The molecule has 112 valence electrons. The van der Waals surface area contributed by atoms with Gasteiger partial charge in [-0.25, -0.2) is 4.98 Å². The van der Waals surface area contributed by atoms with Crippen molar-refractivity contribution in [3.05, 3.63) is 39.0 Å². The summed E-state index contributed by atoms with van der Waals surface area (Å²) in [5, 5.41) is 15.6. The number of nitrogens with one attached hydrogen (secondary N) is 1. The molecule has 0 saturated carbocycles. The topological polar surface area (TPSA) is 79.3 Å². The summed E-state index contributed by atoms with van der Waals surface area (Å²) in [5.74, 6) is -1.62. The summed E-state index contributed by atoms with van der Waals surface area (Å²) in [5.41, 5.74) is 1.97. The van der Waals surface area contributed by atoms with Gasteiger partial charge in [0.05, 0.1) is 11.4 Å². The average molecular weight is 324 g/mol. The van der Waals surface area contributed by atoms with Crippen molar-refractivity contribution in [3.8, 4) is 0 Å². The number of thiazole rings is 1. The zero-order valence-electron chi connectivity index (χ0n) is 11.5. The molecule has 0 unspecified atom stereocenters. The molecule has 2 rings (SSSR count). The Hall–Kier alpha value is -1.73. The van der Waals surface area contributed by atoms with Gasteiger partial charge in [-0.1, -0.05) is 13.0 Å². The second kappa shape index (κ2) is 7.33. The molecule has 0 bridgehead atoms. The van der Waals surface area contributed by atoms with E-state index < -0.39 is 11.9 Å². The lowest BCUT2D eigenvalue weighted by Gasteiger charge is -2.19. The van der Waals surface area contributed by atoms with Crippen LogP contribution in [-0.2, 0) is 11.2 Å². The maximum Gasteiger partial charge on any atom is 0.306 e. The van der Waals surface area contributed by atoms with Gasteiger partial charge in [0.1, 0.15) is 5.69 Å². The van der Waals surface area contributed by atoms with Crippen LogP contribution in [0.4, 0.5) is 0 Å². The van der Waals surface area contributed by atoms with Crippen LogP contribution in [-0.4, -0.2) is 28.0 Å². The molecule has 1 amide bonds. The monoisotopic (exact) mass is 324 g/mol. The van der Waals surface area contributed by atoms with Crippen LogP contribution in [0.3, 0.4) is 0 Å². The van der Waals surface area contributed by atoms with Crippen LogP contribution < -0.4 is 5.32 Å². The van der Waals surface area contributed by atoms with Crippen molar-refractivity contribution in [3.63, 3.8) is 0 Å². The van der Waals surface area contributed by atoms with Crippen molar-refractivity contribution in [2.45, 2.75) is 25.8 Å². The Morgan fingerprint density at radius 1 is 1.48 bits per heavy atom. The number of hydrogen-bond donors (Lipinski definition) is 2. The summed E-state index contributed by atoms with van der Waals surface area (Å²) in [7, 11) is 0. The van der Waals surface area contributed by atoms with Crippen molar-refractivity contribution < 1.29 is 14.7 Å². The minimum atomic E-state index is -0.853. The van der Waals surface area contributed by atoms with Crippen LogP contribution in [0.1, 0.15) is 28.7 Å². The van der Waals surface area contributed by atoms with E-state index in [0.717, 1.165) is 4.88 Å². The van der Waals surface area contributed by atoms with Crippen LogP contribution in [0.15, 0.2) is 28.4 Å². The zero-order chi connectivity index (χ0) is 15.2. The van der Waals surface area contributed by atoms with Crippen molar-refractivity contribution in [2.24, 2.45) is 5.92 Å². The molecule has 21 heavy (non-hydrogen) atoms. The van der Waals surface area contributed by atoms with Gasteiger partial charge in [0.15, 0.2) is 0 Å². The van der Waals surface area contributed by atoms with E-state index in [9.17, 15) is 9.59 Å². The molecule has 2 atom stereocenters. The van der Waals surface area contributed by atoms with E-state index in [0.29, 0.717) is 18.5 Å². The highest BCUT2D eigenvalue weighted by molar-refractivity contribution is 7.09. The van der Waals surface area contributed by atoms with Gasteiger partial charge in [-0.2, -0.15) is 0 Å². The van der Waals surface area contributed by atoms with Crippen LogP contribution in [0, 0.1) is 5.92 Å².